The molecule has 0 saturated heterocycles. The van der Waals surface area contributed by atoms with Gasteiger partial charge in [-0.3, -0.25) is 0 Å². The molecule has 2 heteroatoms. The van der Waals surface area contributed by atoms with Crippen molar-refractivity contribution in [1.82, 2.24) is 0 Å². The molecule has 0 aromatic rings. The normalized spacial score (nSPS) is 17.3. The Kier molecular flexibility index (Phi) is 5.91. The molecule has 0 nitrogen and oxygen atoms in total. The Hall–Kier alpha value is 0.700. The zero-order valence-electron chi connectivity index (χ0n) is 6.17. The molecule has 0 fully saturated rings. The van der Waals surface area contributed by atoms with E-state index in [1.54, 1.807) is 0 Å². The molecule has 0 aliphatic rings. The molecule has 9 heavy (non-hydrogen) atoms. The van der Waals surface area contributed by atoms with Crippen LogP contribution >= 0.6 is 25.3 Å². The third-order valence-corrected chi connectivity index (χ3v) is 1.76. The summed E-state index contributed by atoms with van der Waals surface area (Å²) >= 11 is 8.55. The van der Waals surface area contributed by atoms with Crippen molar-refractivity contribution in [3.63, 3.8) is 0 Å². The average molecular weight is 164 g/mol. The van der Waals surface area contributed by atoms with Gasteiger partial charge in [0.05, 0.1) is 0 Å². The van der Waals surface area contributed by atoms with E-state index in [9.17, 15) is 0 Å². The van der Waals surface area contributed by atoms with Gasteiger partial charge in [0.25, 0.3) is 0 Å². The SMILES string of the molecule is CC(S)CCCC(C)S. The van der Waals surface area contributed by atoms with E-state index in [4.69, 9.17) is 0 Å². The van der Waals surface area contributed by atoms with Crippen molar-refractivity contribution in [2.75, 3.05) is 0 Å². The molecule has 0 rings (SSSR count). The van der Waals surface area contributed by atoms with E-state index in [1.165, 1.54) is 19.3 Å². The summed E-state index contributed by atoms with van der Waals surface area (Å²) in [5.41, 5.74) is 0. The lowest BCUT2D eigenvalue weighted by molar-refractivity contribution is 0.676. The number of hydrogen-bond acceptors (Lipinski definition) is 2. The number of rotatable bonds is 4. The highest BCUT2D eigenvalue weighted by atomic mass is 32.1. The Balaban J connectivity index is 2.91. The number of hydrogen-bond donors (Lipinski definition) is 2. The Morgan fingerprint density at radius 2 is 1.33 bits per heavy atom. The monoisotopic (exact) mass is 164 g/mol. The summed E-state index contributed by atoms with van der Waals surface area (Å²) in [5, 5.41) is 1.11. The fraction of sp³-hybridized carbons (Fsp3) is 1.00. The highest BCUT2D eigenvalue weighted by Gasteiger charge is 1.96. The van der Waals surface area contributed by atoms with Crippen molar-refractivity contribution < 1.29 is 0 Å². The summed E-state index contributed by atoms with van der Waals surface area (Å²) in [6.07, 6.45) is 3.69. The minimum absolute atomic E-state index is 0.553. The molecule has 0 aliphatic heterocycles. The molecule has 2 atom stereocenters. The summed E-state index contributed by atoms with van der Waals surface area (Å²) in [6, 6.07) is 0. The molecule has 0 saturated carbocycles. The second-order valence-electron chi connectivity index (χ2n) is 2.63. The van der Waals surface area contributed by atoms with E-state index in [0.717, 1.165) is 0 Å². The van der Waals surface area contributed by atoms with Crippen LogP contribution in [0.15, 0.2) is 0 Å². The van der Waals surface area contributed by atoms with Crippen LogP contribution in [0.2, 0.25) is 0 Å². The van der Waals surface area contributed by atoms with Crippen molar-refractivity contribution >= 4 is 25.3 Å². The van der Waals surface area contributed by atoms with Gasteiger partial charge in [0.2, 0.25) is 0 Å². The minimum atomic E-state index is 0.553. The third kappa shape index (κ3) is 8.70. The molecule has 0 bridgehead atoms. The second-order valence-corrected chi connectivity index (χ2v) is 4.39. The molecule has 0 aliphatic carbocycles. The number of thiol groups is 2. The molecular formula is C7H16S2. The van der Waals surface area contributed by atoms with Crippen molar-refractivity contribution in [1.29, 1.82) is 0 Å². The molecular weight excluding hydrogens is 148 g/mol. The average Bonchev–Trinajstić information content (AvgIpc) is 1.63. The van der Waals surface area contributed by atoms with Gasteiger partial charge in [-0.15, -0.1) is 0 Å². The molecule has 0 spiro atoms. The van der Waals surface area contributed by atoms with E-state index < -0.39 is 0 Å². The van der Waals surface area contributed by atoms with Gasteiger partial charge in [-0.2, -0.15) is 25.3 Å². The molecule has 0 heterocycles. The van der Waals surface area contributed by atoms with Crippen LogP contribution < -0.4 is 0 Å². The van der Waals surface area contributed by atoms with Crippen molar-refractivity contribution in [3.05, 3.63) is 0 Å². The fourth-order valence-corrected chi connectivity index (χ4v) is 1.07. The maximum absolute atomic E-state index is 4.28. The smallest absolute Gasteiger partial charge is 0.00116 e. The van der Waals surface area contributed by atoms with Gasteiger partial charge in [0.15, 0.2) is 0 Å². The summed E-state index contributed by atoms with van der Waals surface area (Å²) in [5.74, 6) is 0. The van der Waals surface area contributed by atoms with Crippen LogP contribution in [0.1, 0.15) is 33.1 Å². The predicted molar refractivity (Wildman–Crippen MR) is 50.7 cm³/mol. The van der Waals surface area contributed by atoms with Crippen LogP contribution in [0.5, 0.6) is 0 Å². The molecule has 56 valence electrons. The van der Waals surface area contributed by atoms with Crippen molar-refractivity contribution in [3.8, 4) is 0 Å². The van der Waals surface area contributed by atoms with E-state index in [-0.39, 0.29) is 0 Å². The van der Waals surface area contributed by atoms with Crippen LogP contribution in [-0.4, -0.2) is 10.5 Å². The minimum Gasteiger partial charge on any atom is -0.176 e. The molecule has 0 N–H and O–H groups in total. The highest BCUT2D eigenvalue weighted by molar-refractivity contribution is 7.81. The first-order valence-corrected chi connectivity index (χ1v) is 4.52. The maximum atomic E-state index is 4.28. The lowest BCUT2D eigenvalue weighted by atomic mass is 10.2. The zero-order valence-corrected chi connectivity index (χ0v) is 7.96. The second kappa shape index (κ2) is 5.48. The summed E-state index contributed by atoms with van der Waals surface area (Å²) in [7, 11) is 0. The van der Waals surface area contributed by atoms with Crippen LogP contribution in [0, 0.1) is 0 Å². The van der Waals surface area contributed by atoms with E-state index in [2.05, 4.69) is 39.1 Å². The lowest BCUT2D eigenvalue weighted by Gasteiger charge is -2.04. The van der Waals surface area contributed by atoms with Gasteiger partial charge >= 0.3 is 0 Å². The molecule has 0 amide bonds. The highest BCUT2D eigenvalue weighted by Crippen LogP contribution is 2.10. The Bertz CT molecular complexity index is 51.9. The van der Waals surface area contributed by atoms with E-state index >= 15 is 0 Å². The van der Waals surface area contributed by atoms with Gasteiger partial charge in [-0.25, -0.2) is 0 Å². The Morgan fingerprint density at radius 1 is 1.00 bits per heavy atom. The van der Waals surface area contributed by atoms with Crippen LogP contribution in [0.25, 0.3) is 0 Å². The van der Waals surface area contributed by atoms with Gasteiger partial charge in [0.1, 0.15) is 0 Å². The standard InChI is InChI=1S/C7H16S2/c1-6(8)4-3-5-7(2)9/h6-9H,3-5H2,1-2H3. The summed E-state index contributed by atoms with van der Waals surface area (Å²) in [4.78, 5) is 0. The van der Waals surface area contributed by atoms with E-state index in [0.29, 0.717) is 10.5 Å². The molecule has 0 aromatic heterocycles. The first kappa shape index (κ1) is 9.70. The van der Waals surface area contributed by atoms with Gasteiger partial charge in [0, 0.05) is 0 Å². The van der Waals surface area contributed by atoms with Crippen molar-refractivity contribution in [2.24, 2.45) is 0 Å². The lowest BCUT2D eigenvalue weighted by Crippen LogP contribution is -1.95. The van der Waals surface area contributed by atoms with E-state index in [1.807, 2.05) is 0 Å². The third-order valence-electron chi connectivity index (χ3n) is 1.24. The topological polar surface area (TPSA) is 0 Å². The fourth-order valence-electron chi connectivity index (χ4n) is 0.709. The largest absolute Gasteiger partial charge is 0.176 e. The Labute approximate surface area is 69.2 Å². The maximum Gasteiger partial charge on any atom is -0.00116 e. The molecule has 0 radical (unpaired) electrons. The first-order chi connectivity index (χ1) is 4.13. The van der Waals surface area contributed by atoms with Crippen LogP contribution in [-0.2, 0) is 0 Å². The quantitative estimate of drug-likeness (QED) is 0.587. The van der Waals surface area contributed by atoms with Gasteiger partial charge < -0.3 is 0 Å². The first-order valence-electron chi connectivity index (χ1n) is 3.49. The van der Waals surface area contributed by atoms with Gasteiger partial charge in [-0.1, -0.05) is 20.3 Å². The molecule has 2 unspecified atom stereocenters. The van der Waals surface area contributed by atoms with Crippen LogP contribution in [0.4, 0.5) is 0 Å². The summed E-state index contributed by atoms with van der Waals surface area (Å²) < 4.78 is 0. The Morgan fingerprint density at radius 3 is 1.56 bits per heavy atom. The van der Waals surface area contributed by atoms with Crippen LogP contribution in [0.3, 0.4) is 0 Å². The predicted octanol–water partition coefficient (Wildman–Crippen LogP) is 2.79. The summed E-state index contributed by atoms with van der Waals surface area (Å²) in [6.45, 7) is 4.26. The molecule has 0 aromatic carbocycles. The van der Waals surface area contributed by atoms with Crippen molar-refractivity contribution in [2.45, 2.75) is 43.6 Å². The zero-order chi connectivity index (χ0) is 7.28. The van der Waals surface area contributed by atoms with Gasteiger partial charge in [-0.05, 0) is 23.3 Å².